The topological polar surface area (TPSA) is 100 Å². The van der Waals surface area contributed by atoms with Gasteiger partial charge in [-0.3, -0.25) is 9.69 Å². The molecule has 5 rings (SSSR count). The van der Waals surface area contributed by atoms with E-state index >= 15 is 0 Å². The van der Waals surface area contributed by atoms with E-state index in [9.17, 15) is 23.5 Å². The van der Waals surface area contributed by atoms with Crippen molar-refractivity contribution >= 4 is 28.6 Å². The van der Waals surface area contributed by atoms with E-state index in [1.54, 1.807) is 4.57 Å². The van der Waals surface area contributed by atoms with Gasteiger partial charge in [-0.2, -0.15) is 4.98 Å². The van der Waals surface area contributed by atoms with Crippen molar-refractivity contribution in [3.63, 3.8) is 0 Å². The van der Waals surface area contributed by atoms with Crippen molar-refractivity contribution in [2.75, 3.05) is 25.0 Å². The predicted octanol–water partition coefficient (Wildman–Crippen LogP) is 5.06. The van der Waals surface area contributed by atoms with Gasteiger partial charge in [-0.15, -0.1) is 0 Å². The van der Waals surface area contributed by atoms with E-state index in [0.29, 0.717) is 37.3 Å². The number of piperidine rings is 1. The van der Waals surface area contributed by atoms with Gasteiger partial charge in [0.2, 0.25) is 11.4 Å². The summed E-state index contributed by atoms with van der Waals surface area (Å²) in [6.07, 6.45) is 4.61. The lowest BCUT2D eigenvalue weighted by Gasteiger charge is -2.32. The smallest absolute Gasteiger partial charge is 0.341 e. The summed E-state index contributed by atoms with van der Waals surface area (Å²) in [7, 11) is 0. The number of carboxylic acid groups (broad SMARTS) is 1. The number of hydrogen-bond acceptors (Lipinski definition) is 6. The standard InChI is InChI=1S/C29H29F2N5O3/c1-2-19-6-10-22(11-7-19)36-17-24(27(38)39)25(37)23-16-32-28(34-26(23)36)33-21-8-4-20(5-9-21)12-15-35-14-3-13-29(30,31)18-35/h4-11,16-17H,2-3,12-15,18H2,1H3,(H,38,39)(H,32,33,34). The van der Waals surface area contributed by atoms with E-state index in [2.05, 4.69) is 15.3 Å². The van der Waals surface area contributed by atoms with Gasteiger partial charge >= 0.3 is 5.97 Å². The highest BCUT2D eigenvalue weighted by Gasteiger charge is 2.34. The summed E-state index contributed by atoms with van der Waals surface area (Å²) in [5.74, 6) is -3.69. The summed E-state index contributed by atoms with van der Waals surface area (Å²) in [6, 6.07) is 15.2. The molecule has 8 nitrogen and oxygen atoms in total. The number of likely N-dealkylation sites (tertiary alicyclic amines) is 1. The minimum Gasteiger partial charge on any atom is -0.477 e. The second kappa shape index (κ2) is 10.9. The highest BCUT2D eigenvalue weighted by molar-refractivity contribution is 5.92. The van der Waals surface area contributed by atoms with Crippen molar-refractivity contribution in [2.24, 2.45) is 0 Å². The lowest BCUT2D eigenvalue weighted by atomic mass is 10.1. The molecule has 1 aliphatic heterocycles. The number of anilines is 2. The maximum atomic E-state index is 13.7. The van der Waals surface area contributed by atoms with Crippen molar-refractivity contribution in [3.05, 3.63) is 87.8 Å². The van der Waals surface area contributed by atoms with E-state index < -0.39 is 17.3 Å². The molecule has 2 aromatic carbocycles. The molecule has 0 unspecified atom stereocenters. The highest BCUT2D eigenvalue weighted by atomic mass is 19.3. The van der Waals surface area contributed by atoms with Gasteiger partial charge in [-0.05, 0) is 61.2 Å². The number of carbonyl (C=O) groups is 1. The quantitative estimate of drug-likeness (QED) is 0.327. The molecule has 0 amide bonds. The molecule has 2 N–H and O–H groups in total. The van der Waals surface area contributed by atoms with Crippen LogP contribution in [0.15, 0.2) is 65.7 Å². The Kier molecular flexibility index (Phi) is 7.38. The van der Waals surface area contributed by atoms with Gasteiger partial charge in [-0.25, -0.2) is 18.6 Å². The number of aryl methyl sites for hydroxylation is 1. The van der Waals surface area contributed by atoms with Crippen LogP contribution in [0.2, 0.25) is 0 Å². The van der Waals surface area contributed by atoms with Crippen LogP contribution in [-0.2, 0) is 12.8 Å². The summed E-state index contributed by atoms with van der Waals surface area (Å²) < 4.78 is 28.9. The number of alkyl halides is 2. The highest BCUT2D eigenvalue weighted by Crippen LogP contribution is 2.26. The van der Waals surface area contributed by atoms with Gasteiger partial charge in [0.15, 0.2) is 5.65 Å². The van der Waals surface area contributed by atoms with Crippen LogP contribution in [0.1, 0.15) is 41.3 Å². The maximum absolute atomic E-state index is 13.7. The van der Waals surface area contributed by atoms with Gasteiger partial charge in [-0.1, -0.05) is 31.2 Å². The van der Waals surface area contributed by atoms with Crippen LogP contribution in [0.3, 0.4) is 0 Å². The predicted molar refractivity (Wildman–Crippen MR) is 146 cm³/mol. The minimum atomic E-state index is -2.61. The molecule has 3 heterocycles. The van der Waals surface area contributed by atoms with Gasteiger partial charge in [0, 0.05) is 36.7 Å². The van der Waals surface area contributed by atoms with Crippen LogP contribution in [0, 0.1) is 0 Å². The molecule has 0 atom stereocenters. The summed E-state index contributed by atoms with van der Waals surface area (Å²) >= 11 is 0. The summed E-state index contributed by atoms with van der Waals surface area (Å²) in [5.41, 5.74) is 2.79. The third-order valence-corrected chi connectivity index (χ3v) is 7.00. The summed E-state index contributed by atoms with van der Waals surface area (Å²) in [5, 5.41) is 12.8. The van der Waals surface area contributed by atoms with Gasteiger partial charge in [0.05, 0.1) is 11.9 Å². The Hall–Kier alpha value is -4.18. The first-order chi connectivity index (χ1) is 18.7. The molecule has 1 fully saturated rings. The number of benzene rings is 2. The fourth-order valence-corrected chi connectivity index (χ4v) is 4.82. The number of nitrogens with one attached hydrogen (secondary N) is 1. The van der Waals surface area contributed by atoms with Crippen molar-refractivity contribution in [1.82, 2.24) is 19.4 Å². The van der Waals surface area contributed by atoms with Crippen LogP contribution < -0.4 is 10.7 Å². The number of halogens is 2. The van der Waals surface area contributed by atoms with Crippen LogP contribution in [0.4, 0.5) is 20.4 Å². The lowest BCUT2D eigenvalue weighted by Crippen LogP contribution is -2.43. The Balaban J connectivity index is 1.38. The van der Waals surface area contributed by atoms with Gasteiger partial charge in [0.1, 0.15) is 5.56 Å². The van der Waals surface area contributed by atoms with Crippen molar-refractivity contribution in [2.45, 2.75) is 38.5 Å². The first-order valence-corrected chi connectivity index (χ1v) is 12.9. The zero-order valence-electron chi connectivity index (χ0n) is 21.5. The molecular formula is C29H29F2N5O3. The van der Waals surface area contributed by atoms with E-state index in [-0.39, 0.29) is 35.5 Å². The zero-order chi connectivity index (χ0) is 27.6. The Morgan fingerprint density at radius 3 is 2.49 bits per heavy atom. The molecule has 4 aromatic rings. The number of rotatable bonds is 8. The lowest BCUT2D eigenvalue weighted by molar-refractivity contribution is -0.0635. The average molecular weight is 534 g/mol. The third kappa shape index (κ3) is 5.96. The van der Waals surface area contributed by atoms with Crippen molar-refractivity contribution in [3.8, 4) is 5.69 Å². The molecule has 10 heteroatoms. The monoisotopic (exact) mass is 533 g/mol. The number of aromatic carboxylic acids is 1. The fraction of sp³-hybridized carbons (Fsp3) is 0.310. The zero-order valence-corrected chi connectivity index (χ0v) is 21.5. The minimum absolute atomic E-state index is 0.0390. The Morgan fingerprint density at radius 2 is 1.82 bits per heavy atom. The molecule has 1 aliphatic rings. The SMILES string of the molecule is CCc1ccc(-n2cc(C(=O)O)c(=O)c3cnc(Nc4ccc(CCN5CCCC(F)(F)C5)cc4)nc32)cc1. The molecular weight excluding hydrogens is 504 g/mol. The summed E-state index contributed by atoms with van der Waals surface area (Å²) in [4.78, 5) is 35.2. The molecule has 1 saturated heterocycles. The van der Waals surface area contributed by atoms with Gasteiger partial charge in [0.25, 0.3) is 5.92 Å². The van der Waals surface area contributed by atoms with Crippen LogP contribution in [0.25, 0.3) is 16.7 Å². The van der Waals surface area contributed by atoms with Crippen molar-refractivity contribution in [1.29, 1.82) is 0 Å². The van der Waals surface area contributed by atoms with Crippen LogP contribution in [0.5, 0.6) is 0 Å². The Labute approximate surface area is 223 Å². The number of aromatic nitrogens is 3. The van der Waals surface area contributed by atoms with Crippen LogP contribution in [-0.4, -0.2) is 56.1 Å². The van der Waals surface area contributed by atoms with Crippen LogP contribution >= 0.6 is 0 Å². The first-order valence-electron chi connectivity index (χ1n) is 12.9. The second-order valence-electron chi connectivity index (χ2n) is 9.81. The summed E-state index contributed by atoms with van der Waals surface area (Å²) in [6.45, 7) is 3.12. The maximum Gasteiger partial charge on any atom is 0.341 e. The van der Waals surface area contributed by atoms with Gasteiger partial charge < -0.3 is 15.0 Å². The molecule has 0 radical (unpaired) electrons. The number of carboxylic acids is 1. The molecule has 0 saturated carbocycles. The largest absolute Gasteiger partial charge is 0.477 e. The normalized spacial score (nSPS) is 15.4. The fourth-order valence-electron chi connectivity index (χ4n) is 4.82. The first kappa shape index (κ1) is 26.4. The van der Waals surface area contributed by atoms with E-state index in [0.717, 1.165) is 17.5 Å². The molecule has 202 valence electrons. The number of hydrogen-bond donors (Lipinski definition) is 2. The molecule has 2 aromatic heterocycles. The van der Waals surface area contributed by atoms with Crippen molar-refractivity contribution < 1.29 is 18.7 Å². The molecule has 0 aliphatic carbocycles. The Morgan fingerprint density at radius 1 is 1.10 bits per heavy atom. The average Bonchev–Trinajstić information content (AvgIpc) is 2.92. The number of pyridine rings is 1. The molecule has 0 bridgehead atoms. The van der Waals surface area contributed by atoms with E-state index in [1.807, 2.05) is 60.4 Å². The van der Waals surface area contributed by atoms with E-state index in [4.69, 9.17) is 0 Å². The number of fused-ring (bicyclic) bond motifs is 1. The second-order valence-corrected chi connectivity index (χ2v) is 9.81. The molecule has 39 heavy (non-hydrogen) atoms. The number of nitrogens with zero attached hydrogens (tertiary/aromatic N) is 4. The Bertz CT molecular complexity index is 1550. The van der Waals surface area contributed by atoms with E-state index in [1.165, 1.54) is 12.4 Å². The molecule has 0 spiro atoms. The third-order valence-electron chi connectivity index (χ3n) is 7.00.